The van der Waals surface area contributed by atoms with Crippen LogP contribution < -0.4 is 10.2 Å². The van der Waals surface area contributed by atoms with Gasteiger partial charge in [0.05, 0.1) is 11.1 Å². The van der Waals surface area contributed by atoms with E-state index in [9.17, 15) is 10.1 Å². The molecule has 0 aliphatic heterocycles. The van der Waals surface area contributed by atoms with E-state index < -0.39 is 4.92 Å². The van der Waals surface area contributed by atoms with Crippen LogP contribution in [0.25, 0.3) is 0 Å². The zero-order valence-electron chi connectivity index (χ0n) is 12.1. The van der Waals surface area contributed by atoms with Gasteiger partial charge in [-0.15, -0.1) is 0 Å². The van der Waals surface area contributed by atoms with Gasteiger partial charge in [-0.05, 0) is 6.92 Å². The van der Waals surface area contributed by atoms with E-state index >= 15 is 0 Å². The van der Waals surface area contributed by atoms with Crippen LogP contribution in [-0.4, -0.2) is 38.3 Å². The summed E-state index contributed by atoms with van der Waals surface area (Å²) in [4.78, 5) is 20.6. The van der Waals surface area contributed by atoms with Crippen molar-refractivity contribution in [3.05, 3.63) is 34.4 Å². The van der Waals surface area contributed by atoms with Gasteiger partial charge in [0.1, 0.15) is 6.33 Å². The first kappa shape index (κ1) is 14.7. The minimum Gasteiger partial charge on any atom is -0.364 e. The lowest BCUT2D eigenvalue weighted by Crippen LogP contribution is -2.20. The number of rotatable bonds is 6. The van der Waals surface area contributed by atoms with Gasteiger partial charge in [-0.2, -0.15) is 5.10 Å². The number of aryl methyl sites for hydroxylation is 1. The van der Waals surface area contributed by atoms with E-state index in [-0.39, 0.29) is 17.3 Å². The van der Waals surface area contributed by atoms with E-state index in [1.165, 1.54) is 6.33 Å². The van der Waals surface area contributed by atoms with Crippen molar-refractivity contribution < 1.29 is 4.92 Å². The van der Waals surface area contributed by atoms with E-state index in [0.717, 1.165) is 5.56 Å². The molecule has 9 nitrogen and oxygen atoms in total. The molecule has 9 heteroatoms. The van der Waals surface area contributed by atoms with Crippen LogP contribution in [0.1, 0.15) is 12.5 Å². The second-order valence-electron chi connectivity index (χ2n) is 4.56. The first-order chi connectivity index (χ1) is 10.0. The standard InChI is InChI=1S/C12H17N7O2/c1-4-13-11-10(19(20)21)12(15-8-14-11)17(2)6-9-5-16-18(3)7-9/h5,7-8H,4,6H2,1-3H3,(H,13,14,15). The summed E-state index contributed by atoms with van der Waals surface area (Å²) in [6.45, 7) is 2.87. The predicted octanol–water partition coefficient (Wildman–Crippen LogP) is 1.19. The smallest absolute Gasteiger partial charge is 0.353 e. The zero-order chi connectivity index (χ0) is 15.4. The molecule has 2 heterocycles. The first-order valence-electron chi connectivity index (χ1n) is 6.44. The lowest BCUT2D eigenvalue weighted by Gasteiger charge is -2.17. The van der Waals surface area contributed by atoms with Crippen molar-refractivity contribution in [3.63, 3.8) is 0 Å². The Kier molecular flexibility index (Phi) is 4.31. The maximum absolute atomic E-state index is 11.3. The maximum Gasteiger partial charge on any atom is 0.353 e. The fourth-order valence-corrected chi connectivity index (χ4v) is 2.02. The molecule has 0 saturated heterocycles. The molecule has 0 bridgehead atoms. The van der Waals surface area contributed by atoms with Gasteiger partial charge in [0, 0.05) is 38.9 Å². The molecule has 0 fully saturated rings. The SMILES string of the molecule is CCNc1ncnc(N(C)Cc2cnn(C)c2)c1[N+](=O)[O-]. The zero-order valence-corrected chi connectivity index (χ0v) is 12.1. The van der Waals surface area contributed by atoms with Crippen LogP contribution in [-0.2, 0) is 13.6 Å². The highest BCUT2D eigenvalue weighted by atomic mass is 16.6. The molecule has 0 radical (unpaired) electrons. The van der Waals surface area contributed by atoms with Crippen molar-refractivity contribution in [2.24, 2.45) is 7.05 Å². The van der Waals surface area contributed by atoms with Gasteiger partial charge in [0.15, 0.2) is 0 Å². The molecule has 21 heavy (non-hydrogen) atoms. The van der Waals surface area contributed by atoms with Crippen LogP contribution in [0.5, 0.6) is 0 Å². The Labute approximate surface area is 121 Å². The summed E-state index contributed by atoms with van der Waals surface area (Å²) in [5, 5.41) is 18.3. The van der Waals surface area contributed by atoms with Gasteiger partial charge < -0.3 is 10.2 Å². The quantitative estimate of drug-likeness (QED) is 0.630. The van der Waals surface area contributed by atoms with Crippen LogP contribution in [0, 0.1) is 10.1 Å². The number of aromatic nitrogens is 4. The summed E-state index contributed by atoms with van der Waals surface area (Å²) in [6.07, 6.45) is 4.89. The van der Waals surface area contributed by atoms with Gasteiger partial charge >= 0.3 is 5.69 Å². The number of anilines is 2. The third-order valence-electron chi connectivity index (χ3n) is 2.87. The van der Waals surface area contributed by atoms with Crippen molar-refractivity contribution >= 4 is 17.3 Å². The normalized spacial score (nSPS) is 10.4. The second-order valence-corrected chi connectivity index (χ2v) is 4.56. The lowest BCUT2D eigenvalue weighted by atomic mass is 10.3. The Morgan fingerprint density at radius 3 is 2.81 bits per heavy atom. The van der Waals surface area contributed by atoms with Crippen molar-refractivity contribution in [2.45, 2.75) is 13.5 Å². The van der Waals surface area contributed by atoms with Crippen LogP contribution in [0.4, 0.5) is 17.3 Å². The molecule has 0 aliphatic rings. The van der Waals surface area contributed by atoms with E-state index in [1.807, 2.05) is 20.2 Å². The van der Waals surface area contributed by atoms with E-state index in [1.54, 1.807) is 22.8 Å². The molecule has 0 aromatic carbocycles. The number of nitrogens with zero attached hydrogens (tertiary/aromatic N) is 6. The molecule has 0 aliphatic carbocycles. The maximum atomic E-state index is 11.3. The Bertz CT molecular complexity index is 640. The van der Waals surface area contributed by atoms with E-state index in [0.29, 0.717) is 13.1 Å². The predicted molar refractivity (Wildman–Crippen MR) is 78.2 cm³/mol. The third-order valence-corrected chi connectivity index (χ3v) is 2.87. The molecule has 2 aromatic rings. The fourth-order valence-electron chi connectivity index (χ4n) is 2.02. The molecule has 0 unspecified atom stereocenters. The van der Waals surface area contributed by atoms with Crippen LogP contribution in [0.15, 0.2) is 18.7 Å². The van der Waals surface area contributed by atoms with Gasteiger partial charge in [0.25, 0.3) is 0 Å². The molecule has 0 spiro atoms. The third kappa shape index (κ3) is 3.25. The number of nitrogens with one attached hydrogen (secondary N) is 1. The summed E-state index contributed by atoms with van der Waals surface area (Å²) >= 11 is 0. The highest BCUT2D eigenvalue weighted by Crippen LogP contribution is 2.31. The molecule has 112 valence electrons. The molecule has 0 amide bonds. The summed E-state index contributed by atoms with van der Waals surface area (Å²) in [6, 6.07) is 0. The van der Waals surface area contributed by atoms with Crippen molar-refractivity contribution in [1.82, 2.24) is 19.7 Å². The van der Waals surface area contributed by atoms with E-state index in [2.05, 4.69) is 20.4 Å². The van der Waals surface area contributed by atoms with Crippen molar-refractivity contribution in [2.75, 3.05) is 23.8 Å². The molecule has 0 saturated carbocycles. The monoisotopic (exact) mass is 291 g/mol. The molecule has 2 rings (SSSR count). The largest absolute Gasteiger partial charge is 0.364 e. The van der Waals surface area contributed by atoms with Gasteiger partial charge in [-0.3, -0.25) is 14.8 Å². The summed E-state index contributed by atoms with van der Waals surface area (Å²) in [7, 11) is 3.57. The summed E-state index contributed by atoms with van der Waals surface area (Å²) in [5.74, 6) is 0.500. The average Bonchev–Trinajstić information content (AvgIpc) is 2.84. The Balaban J connectivity index is 2.33. The first-order valence-corrected chi connectivity index (χ1v) is 6.44. The summed E-state index contributed by atoms with van der Waals surface area (Å²) < 4.78 is 1.68. The number of hydrogen-bond acceptors (Lipinski definition) is 7. The minimum atomic E-state index is -0.465. The topological polar surface area (TPSA) is 102 Å². The van der Waals surface area contributed by atoms with Crippen molar-refractivity contribution in [3.8, 4) is 0 Å². The Morgan fingerprint density at radius 2 is 2.24 bits per heavy atom. The Morgan fingerprint density at radius 1 is 1.48 bits per heavy atom. The molecular formula is C12H17N7O2. The number of nitro groups is 1. The minimum absolute atomic E-state index is 0.120. The van der Waals surface area contributed by atoms with Gasteiger partial charge in [-0.1, -0.05) is 0 Å². The number of hydrogen-bond donors (Lipinski definition) is 1. The second kappa shape index (κ2) is 6.16. The van der Waals surface area contributed by atoms with Crippen LogP contribution in [0.2, 0.25) is 0 Å². The Hall–Kier alpha value is -2.71. The van der Waals surface area contributed by atoms with E-state index in [4.69, 9.17) is 0 Å². The van der Waals surface area contributed by atoms with Crippen LogP contribution in [0.3, 0.4) is 0 Å². The average molecular weight is 291 g/mol. The van der Waals surface area contributed by atoms with Crippen molar-refractivity contribution in [1.29, 1.82) is 0 Å². The van der Waals surface area contributed by atoms with Crippen LogP contribution >= 0.6 is 0 Å². The molecule has 0 atom stereocenters. The molecule has 1 N–H and O–H groups in total. The fraction of sp³-hybridized carbons (Fsp3) is 0.417. The van der Waals surface area contributed by atoms with Gasteiger partial charge in [0.2, 0.25) is 11.6 Å². The highest BCUT2D eigenvalue weighted by molar-refractivity contribution is 5.70. The highest BCUT2D eigenvalue weighted by Gasteiger charge is 2.25. The van der Waals surface area contributed by atoms with Gasteiger partial charge in [-0.25, -0.2) is 9.97 Å². The molecule has 2 aromatic heterocycles. The molecular weight excluding hydrogens is 274 g/mol. The lowest BCUT2D eigenvalue weighted by molar-refractivity contribution is -0.383. The summed E-state index contributed by atoms with van der Waals surface area (Å²) in [5.41, 5.74) is 0.823.